The number of amidine groups is 1. The van der Waals surface area contributed by atoms with Crippen LogP contribution in [0.2, 0.25) is 0 Å². The first kappa shape index (κ1) is 27.6. The number of hydrogen-bond donors (Lipinski definition) is 5. The van der Waals surface area contributed by atoms with E-state index in [4.69, 9.17) is 16.9 Å². The van der Waals surface area contributed by atoms with Gasteiger partial charge in [0.05, 0.1) is 5.69 Å². The number of piperidine rings is 1. The molecule has 1 fully saturated rings. The summed E-state index contributed by atoms with van der Waals surface area (Å²) in [5.74, 6) is 0.863. The van der Waals surface area contributed by atoms with Gasteiger partial charge >= 0.3 is 5.69 Å². The summed E-state index contributed by atoms with van der Waals surface area (Å²) in [6, 6.07) is 11.3. The van der Waals surface area contributed by atoms with E-state index in [-0.39, 0.29) is 16.9 Å². The summed E-state index contributed by atoms with van der Waals surface area (Å²) >= 11 is 1.41. The molecule has 0 unspecified atom stereocenters. The summed E-state index contributed by atoms with van der Waals surface area (Å²) in [6.07, 6.45) is 10.7. The number of fused-ring (bicyclic) bond motifs is 1. The van der Waals surface area contributed by atoms with Crippen molar-refractivity contribution in [2.75, 3.05) is 25.4 Å². The molecule has 0 amide bonds. The SMILES string of the molecule is C[C@H](N)CCCN1CC=C(c2cc3cn(-c4ccc([C@@H]5CCC[C@@H](CCSC(=N)N)N5)cc4)c(=O)nc3[nH]2)C1. The lowest BCUT2D eigenvalue weighted by Crippen LogP contribution is -2.37. The minimum atomic E-state index is -0.291. The second-order valence-electron chi connectivity index (χ2n) is 10.9. The second kappa shape index (κ2) is 12.5. The summed E-state index contributed by atoms with van der Waals surface area (Å²) in [7, 11) is 0. The van der Waals surface area contributed by atoms with Crippen LogP contribution in [0.25, 0.3) is 22.3 Å². The fourth-order valence-electron chi connectivity index (χ4n) is 5.65. The maximum atomic E-state index is 12.9. The molecular weight excluding hydrogens is 508 g/mol. The van der Waals surface area contributed by atoms with Gasteiger partial charge in [0.1, 0.15) is 5.65 Å². The van der Waals surface area contributed by atoms with E-state index >= 15 is 0 Å². The topological polar surface area (TPSA) is 142 Å². The van der Waals surface area contributed by atoms with E-state index in [1.807, 2.05) is 18.3 Å². The fourth-order valence-corrected chi connectivity index (χ4v) is 6.27. The lowest BCUT2D eigenvalue weighted by Gasteiger charge is -2.31. The Kier molecular flexibility index (Phi) is 8.86. The average molecular weight is 549 g/mol. The van der Waals surface area contributed by atoms with Crippen molar-refractivity contribution in [2.45, 2.75) is 63.6 Å². The molecule has 9 nitrogen and oxygen atoms in total. The second-order valence-corrected chi connectivity index (χ2v) is 12.0. The van der Waals surface area contributed by atoms with Crippen LogP contribution in [0.5, 0.6) is 0 Å². The van der Waals surface area contributed by atoms with Gasteiger partial charge in [-0.25, -0.2) is 4.79 Å². The van der Waals surface area contributed by atoms with Crippen LogP contribution in [0.4, 0.5) is 0 Å². The molecule has 10 heteroatoms. The molecule has 0 bridgehead atoms. The van der Waals surface area contributed by atoms with Crippen LogP contribution < -0.4 is 22.5 Å². The highest BCUT2D eigenvalue weighted by Crippen LogP contribution is 2.28. The summed E-state index contributed by atoms with van der Waals surface area (Å²) in [5.41, 5.74) is 16.0. The van der Waals surface area contributed by atoms with Crippen LogP contribution in [-0.2, 0) is 0 Å². The Balaban J connectivity index is 1.25. The third kappa shape index (κ3) is 7.00. The predicted octanol–water partition coefficient (Wildman–Crippen LogP) is 3.74. The molecule has 1 aromatic carbocycles. The zero-order valence-corrected chi connectivity index (χ0v) is 23.5. The molecule has 5 rings (SSSR count). The van der Waals surface area contributed by atoms with E-state index in [0.29, 0.717) is 17.7 Å². The number of nitrogens with two attached hydrogens (primary N) is 2. The summed E-state index contributed by atoms with van der Waals surface area (Å²) in [6.45, 7) is 4.92. The molecule has 2 aliphatic heterocycles. The molecular formula is C29H40N8OS. The van der Waals surface area contributed by atoms with Gasteiger partial charge in [-0.3, -0.25) is 14.9 Å². The summed E-state index contributed by atoms with van der Waals surface area (Å²) in [4.78, 5) is 23.1. The zero-order chi connectivity index (χ0) is 27.4. The first-order valence-electron chi connectivity index (χ1n) is 14.0. The van der Waals surface area contributed by atoms with Crippen LogP contribution in [0.1, 0.15) is 62.7 Å². The van der Waals surface area contributed by atoms with Gasteiger partial charge in [-0.05, 0) is 74.9 Å². The Morgan fingerprint density at radius 3 is 2.87 bits per heavy atom. The van der Waals surface area contributed by atoms with Crippen molar-refractivity contribution in [1.29, 1.82) is 5.41 Å². The highest BCUT2D eigenvalue weighted by atomic mass is 32.2. The average Bonchev–Trinajstić information content (AvgIpc) is 3.55. The van der Waals surface area contributed by atoms with Crippen molar-refractivity contribution in [1.82, 2.24) is 24.8 Å². The Bertz CT molecular complexity index is 1380. The van der Waals surface area contributed by atoms with Crippen molar-refractivity contribution in [3.63, 3.8) is 0 Å². The largest absolute Gasteiger partial charge is 0.379 e. The van der Waals surface area contributed by atoms with Crippen LogP contribution in [0.3, 0.4) is 0 Å². The van der Waals surface area contributed by atoms with Crippen molar-refractivity contribution < 1.29 is 0 Å². The third-order valence-electron chi connectivity index (χ3n) is 7.76. The molecule has 0 aliphatic carbocycles. The van der Waals surface area contributed by atoms with Crippen LogP contribution >= 0.6 is 11.8 Å². The summed E-state index contributed by atoms with van der Waals surface area (Å²) in [5, 5.41) is 12.3. The van der Waals surface area contributed by atoms with Gasteiger partial charge in [-0.2, -0.15) is 4.98 Å². The molecule has 0 saturated carbocycles. The zero-order valence-electron chi connectivity index (χ0n) is 22.7. The maximum absolute atomic E-state index is 12.9. The number of thioether (sulfide) groups is 1. The lowest BCUT2D eigenvalue weighted by atomic mass is 9.92. The first-order valence-corrected chi connectivity index (χ1v) is 15.0. The fraction of sp³-hybridized carbons (Fsp3) is 0.483. The quantitative estimate of drug-likeness (QED) is 0.192. The molecule has 0 radical (unpaired) electrons. The van der Waals surface area contributed by atoms with Crippen LogP contribution in [-0.4, -0.2) is 62.1 Å². The van der Waals surface area contributed by atoms with E-state index in [2.05, 4.69) is 51.4 Å². The van der Waals surface area contributed by atoms with Crippen LogP contribution in [0.15, 0.2) is 47.4 Å². The monoisotopic (exact) mass is 548 g/mol. The van der Waals surface area contributed by atoms with E-state index < -0.39 is 0 Å². The molecule has 39 heavy (non-hydrogen) atoms. The Hall–Kier alpha value is -2.92. The van der Waals surface area contributed by atoms with E-state index in [0.717, 1.165) is 74.3 Å². The Morgan fingerprint density at radius 1 is 1.28 bits per heavy atom. The highest BCUT2D eigenvalue weighted by Gasteiger charge is 2.22. The van der Waals surface area contributed by atoms with Gasteiger partial charge in [-0.15, -0.1) is 0 Å². The smallest absolute Gasteiger partial charge is 0.354 e. The Morgan fingerprint density at radius 2 is 2.10 bits per heavy atom. The van der Waals surface area contributed by atoms with Crippen molar-refractivity contribution in [3.05, 3.63) is 64.3 Å². The Labute approximate surface area is 233 Å². The molecule has 2 aliphatic rings. The molecule has 3 atom stereocenters. The number of rotatable bonds is 10. The molecule has 0 spiro atoms. The molecule has 1 saturated heterocycles. The lowest BCUT2D eigenvalue weighted by molar-refractivity contribution is 0.320. The van der Waals surface area contributed by atoms with Crippen molar-refractivity contribution >= 4 is 33.5 Å². The van der Waals surface area contributed by atoms with Gasteiger partial charge in [0.25, 0.3) is 0 Å². The normalized spacial score (nSPS) is 20.8. The highest BCUT2D eigenvalue weighted by molar-refractivity contribution is 8.13. The minimum Gasteiger partial charge on any atom is -0.379 e. The van der Waals surface area contributed by atoms with E-state index in [1.54, 1.807) is 4.57 Å². The molecule has 208 valence electrons. The van der Waals surface area contributed by atoms with Gasteiger partial charge in [-0.1, -0.05) is 36.4 Å². The van der Waals surface area contributed by atoms with Crippen LogP contribution in [0, 0.1) is 5.41 Å². The standard InChI is InChI=1S/C29H40N8OS/c1-19(30)4-3-13-36-14-11-21(17-36)26-16-22-18-37(29(38)35-27(22)34-26)24-9-7-20(8-10-24)25-6-2-5-23(33-25)12-15-39-28(31)32/h7-11,16,18-19,23,25,33H,2-6,12-15,17,30H2,1H3,(H3,31,32)(H,34,35,38)/t19-,23-,25-/m0/s1. The van der Waals surface area contributed by atoms with Gasteiger partial charge in [0.2, 0.25) is 0 Å². The van der Waals surface area contributed by atoms with E-state index in [1.165, 1.54) is 29.3 Å². The third-order valence-corrected chi connectivity index (χ3v) is 8.51. The van der Waals surface area contributed by atoms with E-state index in [9.17, 15) is 4.79 Å². The van der Waals surface area contributed by atoms with Crippen molar-refractivity contribution in [3.8, 4) is 5.69 Å². The number of benzene rings is 1. The molecule has 7 N–H and O–H groups in total. The number of hydrogen-bond acceptors (Lipinski definition) is 7. The van der Waals surface area contributed by atoms with Gasteiger partial charge in [0.15, 0.2) is 5.17 Å². The number of aromatic nitrogens is 3. The first-order chi connectivity index (χ1) is 18.9. The number of nitrogens with one attached hydrogen (secondary N) is 3. The summed E-state index contributed by atoms with van der Waals surface area (Å²) < 4.78 is 1.63. The number of nitrogens with zero attached hydrogens (tertiary/aromatic N) is 3. The predicted molar refractivity (Wildman–Crippen MR) is 161 cm³/mol. The minimum absolute atomic E-state index is 0.183. The molecule has 3 aromatic rings. The molecule has 4 heterocycles. The molecule has 2 aromatic heterocycles. The van der Waals surface area contributed by atoms with Gasteiger partial charge < -0.3 is 21.8 Å². The van der Waals surface area contributed by atoms with Gasteiger partial charge in [0, 0.05) is 54.2 Å². The van der Waals surface area contributed by atoms with Crippen molar-refractivity contribution in [2.24, 2.45) is 11.5 Å². The maximum Gasteiger partial charge on any atom is 0.354 e. The number of aromatic amines is 1. The number of H-pyrrole nitrogens is 1.